The standard InChI is InChI=1S/C24H26N4O3/c1-3-26-23(29)22-20(17-10-7-13-25-14-17)27-21(18-11-12-24(2,30)15-31-18)19(28-22)16-8-5-4-6-9-16/h4-10,13-14,18,30H,3,11-12,15H2,1-2H3,(H,26,29). The predicted molar refractivity (Wildman–Crippen MR) is 117 cm³/mol. The Balaban J connectivity index is 1.90. The van der Waals surface area contributed by atoms with Gasteiger partial charge in [0.25, 0.3) is 5.91 Å². The minimum atomic E-state index is -0.857. The zero-order valence-electron chi connectivity index (χ0n) is 17.7. The van der Waals surface area contributed by atoms with Crippen molar-refractivity contribution in [2.24, 2.45) is 0 Å². The van der Waals surface area contributed by atoms with Crippen LogP contribution in [-0.2, 0) is 4.74 Å². The number of nitrogens with one attached hydrogen (secondary N) is 1. The van der Waals surface area contributed by atoms with Crippen molar-refractivity contribution in [3.63, 3.8) is 0 Å². The molecule has 0 saturated carbocycles. The molecule has 1 aliphatic heterocycles. The first kappa shape index (κ1) is 21.1. The Morgan fingerprint density at radius 3 is 2.58 bits per heavy atom. The molecule has 31 heavy (non-hydrogen) atoms. The molecule has 1 amide bonds. The number of hydrogen-bond donors (Lipinski definition) is 2. The minimum absolute atomic E-state index is 0.216. The molecule has 0 bridgehead atoms. The van der Waals surface area contributed by atoms with E-state index in [1.807, 2.05) is 43.3 Å². The highest BCUT2D eigenvalue weighted by Crippen LogP contribution is 2.37. The fourth-order valence-electron chi connectivity index (χ4n) is 3.68. The Morgan fingerprint density at radius 1 is 1.16 bits per heavy atom. The molecule has 7 heteroatoms. The topological polar surface area (TPSA) is 97.2 Å². The first-order chi connectivity index (χ1) is 15.0. The fourth-order valence-corrected chi connectivity index (χ4v) is 3.68. The summed E-state index contributed by atoms with van der Waals surface area (Å²) in [6.07, 6.45) is 4.21. The second kappa shape index (κ2) is 8.91. The summed E-state index contributed by atoms with van der Waals surface area (Å²) in [7, 11) is 0. The molecule has 2 unspecified atom stereocenters. The molecular formula is C24H26N4O3. The zero-order chi connectivity index (χ0) is 21.8. The van der Waals surface area contributed by atoms with Gasteiger partial charge in [0.2, 0.25) is 0 Å². The number of carbonyl (C=O) groups excluding carboxylic acids is 1. The Morgan fingerprint density at radius 2 is 1.94 bits per heavy atom. The lowest BCUT2D eigenvalue weighted by molar-refractivity contribution is -0.112. The van der Waals surface area contributed by atoms with Crippen LogP contribution in [-0.4, -0.2) is 44.7 Å². The number of amides is 1. The van der Waals surface area contributed by atoms with Crippen LogP contribution in [0.4, 0.5) is 0 Å². The van der Waals surface area contributed by atoms with E-state index in [2.05, 4.69) is 10.3 Å². The van der Waals surface area contributed by atoms with Crippen LogP contribution in [0.5, 0.6) is 0 Å². The van der Waals surface area contributed by atoms with Crippen molar-refractivity contribution < 1.29 is 14.6 Å². The van der Waals surface area contributed by atoms with Crippen LogP contribution in [0.25, 0.3) is 22.5 Å². The monoisotopic (exact) mass is 418 g/mol. The fraction of sp³-hybridized carbons (Fsp3) is 0.333. The van der Waals surface area contributed by atoms with Crippen LogP contribution >= 0.6 is 0 Å². The molecule has 7 nitrogen and oxygen atoms in total. The van der Waals surface area contributed by atoms with Gasteiger partial charge in [-0.15, -0.1) is 0 Å². The van der Waals surface area contributed by atoms with Gasteiger partial charge in [0.1, 0.15) is 11.8 Å². The van der Waals surface area contributed by atoms with Crippen molar-refractivity contribution in [2.45, 2.75) is 38.4 Å². The second-order valence-electron chi connectivity index (χ2n) is 7.96. The van der Waals surface area contributed by atoms with Crippen molar-refractivity contribution in [3.05, 3.63) is 66.2 Å². The van der Waals surface area contributed by atoms with Gasteiger partial charge in [0.15, 0.2) is 5.69 Å². The van der Waals surface area contributed by atoms with E-state index in [4.69, 9.17) is 14.7 Å². The van der Waals surface area contributed by atoms with Gasteiger partial charge in [-0.1, -0.05) is 30.3 Å². The number of ether oxygens (including phenoxy) is 1. The van der Waals surface area contributed by atoms with Gasteiger partial charge >= 0.3 is 0 Å². The summed E-state index contributed by atoms with van der Waals surface area (Å²) in [6.45, 7) is 4.33. The highest BCUT2D eigenvalue weighted by atomic mass is 16.5. The molecular weight excluding hydrogens is 392 g/mol. The van der Waals surface area contributed by atoms with Crippen LogP contribution in [0.1, 0.15) is 49.0 Å². The third kappa shape index (κ3) is 4.62. The highest BCUT2D eigenvalue weighted by molar-refractivity contribution is 5.98. The van der Waals surface area contributed by atoms with E-state index in [1.165, 1.54) is 0 Å². The molecule has 1 fully saturated rings. The maximum Gasteiger partial charge on any atom is 0.272 e. The smallest absolute Gasteiger partial charge is 0.272 e. The number of hydrogen-bond acceptors (Lipinski definition) is 6. The SMILES string of the molecule is CCNC(=O)c1nc(-c2ccccc2)c(C2CCC(C)(O)CO2)nc1-c1cccnc1. The average Bonchev–Trinajstić information content (AvgIpc) is 2.80. The lowest BCUT2D eigenvalue weighted by Gasteiger charge is -2.33. The largest absolute Gasteiger partial charge is 0.388 e. The molecule has 1 saturated heterocycles. The molecule has 160 valence electrons. The molecule has 1 aliphatic rings. The lowest BCUT2D eigenvalue weighted by atomic mass is 9.92. The Bertz CT molecular complexity index is 1050. The predicted octanol–water partition coefficient (Wildman–Crippen LogP) is 3.56. The van der Waals surface area contributed by atoms with E-state index in [9.17, 15) is 9.90 Å². The van der Waals surface area contributed by atoms with E-state index in [0.717, 1.165) is 5.56 Å². The number of aliphatic hydroxyl groups is 1. The van der Waals surface area contributed by atoms with E-state index in [0.29, 0.717) is 42.0 Å². The highest BCUT2D eigenvalue weighted by Gasteiger charge is 2.34. The first-order valence-electron chi connectivity index (χ1n) is 10.5. The normalized spacial score (nSPS) is 20.9. The Hall–Kier alpha value is -3.16. The van der Waals surface area contributed by atoms with Gasteiger partial charge in [0.05, 0.1) is 23.6 Å². The molecule has 3 heterocycles. The molecule has 2 N–H and O–H groups in total. The maximum atomic E-state index is 12.9. The Labute approximate surface area is 181 Å². The summed E-state index contributed by atoms with van der Waals surface area (Å²) in [6, 6.07) is 13.3. The van der Waals surface area contributed by atoms with Gasteiger partial charge in [-0.2, -0.15) is 0 Å². The summed E-state index contributed by atoms with van der Waals surface area (Å²) >= 11 is 0. The first-order valence-corrected chi connectivity index (χ1v) is 10.5. The number of nitrogens with zero attached hydrogens (tertiary/aromatic N) is 3. The number of carbonyl (C=O) groups is 1. The maximum absolute atomic E-state index is 12.9. The van der Waals surface area contributed by atoms with Crippen molar-refractivity contribution >= 4 is 5.91 Å². The minimum Gasteiger partial charge on any atom is -0.388 e. The van der Waals surface area contributed by atoms with E-state index in [1.54, 1.807) is 25.4 Å². The Kier molecular flexibility index (Phi) is 6.06. The van der Waals surface area contributed by atoms with Gasteiger partial charge in [-0.05, 0) is 38.8 Å². The summed E-state index contributed by atoms with van der Waals surface area (Å²) in [5.74, 6) is -0.287. The molecule has 2 aromatic heterocycles. The number of rotatable bonds is 5. The number of aromatic nitrogens is 3. The average molecular weight is 418 g/mol. The van der Waals surface area contributed by atoms with Gasteiger partial charge in [-0.3, -0.25) is 9.78 Å². The zero-order valence-corrected chi connectivity index (χ0v) is 17.7. The molecule has 4 rings (SSSR count). The van der Waals surface area contributed by atoms with E-state index < -0.39 is 5.60 Å². The molecule has 0 aliphatic carbocycles. The molecule has 1 aromatic carbocycles. The third-order valence-electron chi connectivity index (χ3n) is 5.30. The summed E-state index contributed by atoms with van der Waals surface area (Å²) < 4.78 is 6.01. The summed E-state index contributed by atoms with van der Waals surface area (Å²) in [5.41, 5.74) is 2.70. The third-order valence-corrected chi connectivity index (χ3v) is 5.30. The van der Waals surface area contributed by atoms with E-state index in [-0.39, 0.29) is 24.3 Å². The van der Waals surface area contributed by atoms with Crippen molar-refractivity contribution in [3.8, 4) is 22.5 Å². The van der Waals surface area contributed by atoms with Gasteiger partial charge in [-0.25, -0.2) is 9.97 Å². The summed E-state index contributed by atoms with van der Waals surface area (Å²) in [5, 5.41) is 13.1. The van der Waals surface area contributed by atoms with Crippen LogP contribution in [0.2, 0.25) is 0 Å². The van der Waals surface area contributed by atoms with Crippen molar-refractivity contribution in [1.82, 2.24) is 20.3 Å². The quantitative estimate of drug-likeness (QED) is 0.658. The molecule has 0 spiro atoms. The summed E-state index contributed by atoms with van der Waals surface area (Å²) in [4.78, 5) is 26.8. The second-order valence-corrected chi connectivity index (χ2v) is 7.96. The number of pyridine rings is 1. The van der Waals surface area contributed by atoms with Crippen molar-refractivity contribution in [2.75, 3.05) is 13.2 Å². The van der Waals surface area contributed by atoms with Gasteiger partial charge < -0.3 is 15.2 Å². The van der Waals surface area contributed by atoms with Crippen LogP contribution in [0, 0.1) is 0 Å². The molecule has 3 aromatic rings. The van der Waals surface area contributed by atoms with Crippen LogP contribution in [0.3, 0.4) is 0 Å². The molecule has 0 radical (unpaired) electrons. The lowest BCUT2D eigenvalue weighted by Crippen LogP contribution is -2.36. The van der Waals surface area contributed by atoms with Crippen LogP contribution < -0.4 is 5.32 Å². The molecule has 2 atom stereocenters. The van der Waals surface area contributed by atoms with E-state index >= 15 is 0 Å². The van der Waals surface area contributed by atoms with Crippen LogP contribution in [0.15, 0.2) is 54.9 Å². The van der Waals surface area contributed by atoms with Gasteiger partial charge in [0, 0.05) is 30.1 Å². The number of benzene rings is 1. The van der Waals surface area contributed by atoms with Crippen molar-refractivity contribution in [1.29, 1.82) is 0 Å².